The molecular weight excluding hydrogens is 322 g/mol. The summed E-state index contributed by atoms with van der Waals surface area (Å²) in [7, 11) is 1.95. The van der Waals surface area contributed by atoms with E-state index in [0.717, 1.165) is 42.5 Å². The minimum atomic E-state index is 0.351. The second-order valence-corrected chi connectivity index (χ2v) is 6.68. The molecule has 2 aromatic heterocycles. The van der Waals surface area contributed by atoms with Gasteiger partial charge in [0.25, 0.3) is 0 Å². The lowest BCUT2D eigenvalue weighted by Crippen LogP contribution is -2.42. The summed E-state index contributed by atoms with van der Waals surface area (Å²) < 4.78 is 1.84. The van der Waals surface area contributed by atoms with E-state index >= 15 is 0 Å². The van der Waals surface area contributed by atoms with Gasteiger partial charge in [-0.15, -0.1) is 0 Å². The van der Waals surface area contributed by atoms with Gasteiger partial charge in [-0.2, -0.15) is 5.10 Å². The number of anilines is 2. The maximum absolute atomic E-state index is 6.33. The van der Waals surface area contributed by atoms with Crippen LogP contribution in [0.15, 0.2) is 42.7 Å². The Morgan fingerprint density at radius 3 is 3.00 bits per heavy atom. The van der Waals surface area contributed by atoms with Gasteiger partial charge in [0, 0.05) is 37.8 Å². The molecule has 1 aliphatic rings. The predicted octanol–water partition coefficient (Wildman–Crippen LogP) is 3.70. The normalized spacial score (nSPS) is 18.1. The number of nitrogens with one attached hydrogen (secondary N) is 1. The number of pyridine rings is 1. The summed E-state index contributed by atoms with van der Waals surface area (Å²) in [5, 5.41) is 10.5. The van der Waals surface area contributed by atoms with Crippen molar-refractivity contribution in [1.82, 2.24) is 14.8 Å². The van der Waals surface area contributed by atoms with Gasteiger partial charge >= 0.3 is 0 Å². The Morgan fingerprint density at radius 1 is 1.29 bits per heavy atom. The van der Waals surface area contributed by atoms with Crippen LogP contribution in [-0.4, -0.2) is 33.9 Å². The summed E-state index contributed by atoms with van der Waals surface area (Å²) in [6.07, 6.45) is 6.26. The number of hydrogen-bond acceptors (Lipinski definition) is 4. The second-order valence-electron chi connectivity index (χ2n) is 6.32. The van der Waals surface area contributed by atoms with Crippen LogP contribution >= 0.6 is 11.6 Å². The van der Waals surface area contributed by atoms with Crippen LogP contribution in [0, 0.1) is 0 Å². The number of rotatable bonds is 3. The van der Waals surface area contributed by atoms with Gasteiger partial charge in [0.15, 0.2) is 0 Å². The van der Waals surface area contributed by atoms with E-state index in [1.807, 2.05) is 36.1 Å². The van der Waals surface area contributed by atoms with Crippen molar-refractivity contribution in [2.75, 3.05) is 23.3 Å². The van der Waals surface area contributed by atoms with Crippen LogP contribution < -0.4 is 10.2 Å². The summed E-state index contributed by atoms with van der Waals surface area (Å²) in [6.45, 7) is 2.01. The van der Waals surface area contributed by atoms with Gasteiger partial charge in [-0.1, -0.05) is 35.9 Å². The van der Waals surface area contributed by atoms with Crippen LogP contribution in [0.3, 0.4) is 0 Å². The molecule has 3 heterocycles. The molecule has 3 aromatic rings. The van der Waals surface area contributed by atoms with Gasteiger partial charge in [0.2, 0.25) is 0 Å². The van der Waals surface area contributed by atoms with Gasteiger partial charge in [-0.3, -0.25) is 4.68 Å². The van der Waals surface area contributed by atoms with E-state index in [4.69, 9.17) is 11.6 Å². The van der Waals surface area contributed by atoms with Gasteiger partial charge in [-0.05, 0) is 24.3 Å². The van der Waals surface area contributed by atoms with Crippen molar-refractivity contribution < 1.29 is 0 Å². The fourth-order valence-corrected chi connectivity index (χ4v) is 3.60. The van der Waals surface area contributed by atoms with Gasteiger partial charge < -0.3 is 10.2 Å². The number of aromatic nitrogens is 3. The monoisotopic (exact) mass is 341 g/mol. The Morgan fingerprint density at radius 2 is 2.17 bits per heavy atom. The van der Waals surface area contributed by atoms with E-state index < -0.39 is 0 Å². The van der Waals surface area contributed by atoms with E-state index in [2.05, 4.69) is 38.6 Å². The molecule has 0 radical (unpaired) electrons. The Bertz CT molecular complexity index is 859. The quantitative estimate of drug-likeness (QED) is 0.738. The molecular formula is C18H20ClN5. The average molecular weight is 342 g/mol. The van der Waals surface area contributed by atoms with E-state index in [1.165, 1.54) is 5.69 Å². The summed E-state index contributed by atoms with van der Waals surface area (Å²) in [6, 6.07) is 10.5. The van der Waals surface area contributed by atoms with Gasteiger partial charge in [0.05, 0.1) is 11.9 Å². The van der Waals surface area contributed by atoms with Gasteiger partial charge in [-0.25, -0.2) is 4.98 Å². The molecule has 24 heavy (non-hydrogen) atoms. The van der Waals surface area contributed by atoms with Crippen molar-refractivity contribution in [3.63, 3.8) is 0 Å². The maximum Gasteiger partial charge on any atom is 0.139 e. The third kappa shape index (κ3) is 3.04. The molecule has 5 nitrogen and oxygen atoms in total. The zero-order valence-electron chi connectivity index (χ0n) is 13.6. The lowest BCUT2D eigenvalue weighted by atomic mass is 10.1. The number of aryl methyl sites for hydroxylation is 1. The molecule has 1 unspecified atom stereocenters. The third-order valence-electron chi connectivity index (χ3n) is 4.52. The standard InChI is InChI=1S/C18H20ClN5/c1-23-12-15(10-20-23)24-8-4-6-14(11-24)21-17-9-13-5-2-3-7-16(13)18(19)22-17/h2-3,5,7,9-10,12,14H,4,6,8,11H2,1H3,(H,21,22). The first-order chi connectivity index (χ1) is 11.7. The highest BCUT2D eigenvalue weighted by molar-refractivity contribution is 6.34. The molecule has 1 aromatic carbocycles. The minimum absolute atomic E-state index is 0.351. The molecule has 0 bridgehead atoms. The van der Waals surface area contributed by atoms with Crippen LogP contribution in [-0.2, 0) is 7.05 Å². The summed E-state index contributed by atoms with van der Waals surface area (Å²) >= 11 is 6.33. The highest BCUT2D eigenvalue weighted by atomic mass is 35.5. The molecule has 124 valence electrons. The van der Waals surface area contributed by atoms with E-state index in [-0.39, 0.29) is 0 Å². The first-order valence-electron chi connectivity index (χ1n) is 8.24. The average Bonchev–Trinajstić information content (AvgIpc) is 3.02. The van der Waals surface area contributed by atoms with Gasteiger partial charge in [0.1, 0.15) is 11.0 Å². The summed E-state index contributed by atoms with van der Waals surface area (Å²) in [5.41, 5.74) is 1.17. The molecule has 1 N–H and O–H groups in total. The first-order valence-corrected chi connectivity index (χ1v) is 8.62. The molecule has 1 aliphatic heterocycles. The van der Waals surface area contributed by atoms with Crippen LogP contribution in [0.4, 0.5) is 11.5 Å². The van der Waals surface area contributed by atoms with Crippen molar-refractivity contribution in [2.24, 2.45) is 7.05 Å². The molecule has 4 rings (SSSR count). The number of hydrogen-bond donors (Lipinski definition) is 1. The molecule has 0 spiro atoms. The Hall–Kier alpha value is -2.27. The fourth-order valence-electron chi connectivity index (χ4n) is 3.34. The predicted molar refractivity (Wildman–Crippen MR) is 98.8 cm³/mol. The number of piperidine rings is 1. The lowest BCUT2D eigenvalue weighted by molar-refractivity contribution is 0.529. The smallest absolute Gasteiger partial charge is 0.139 e. The van der Waals surface area contributed by atoms with Crippen molar-refractivity contribution in [2.45, 2.75) is 18.9 Å². The van der Waals surface area contributed by atoms with Crippen molar-refractivity contribution in [3.8, 4) is 0 Å². The number of halogens is 1. The highest BCUT2D eigenvalue weighted by Gasteiger charge is 2.21. The SMILES string of the molecule is Cn1cc(N2CCCC(Nc3cc4ccccc4c(Cl)n3)C2)cn1. The number of fused-ring (bicyclic) bond motifs is 1. The van der Waals surface area contributed by atoms with Crippen molar-refractivity contribution in [1.29, 1.82) is 0 Å². The number of nitrogens with zero attached hydrogens (tertiary/aromatic N) is 4. The largest absolute Gasteiger partial charge is 0.367 e. The maximum atomic E-state index is 6.33. The molecule has 6 heteroatoms. The van der Waals surface area contributed by atoms with Crippen molar-refractivity contribution in [3.05, 3.63) is 47.9 Å². The molecule has 1 atom stereocenters. The van der Waals surface area contributed by atoms with Crippen molar-refractivity contribution >= 4 is 33.9 Å². The Kier molecular flexibility index (Phi) is 4.02. The molecule has 1 saturated heterocycles. The topological polar surface area (TPSA) is 46.0 Å². The summed E-state index contributed by atoms with van der Waals surface area (Å²) in [5.74, 6) is 0.844. The zero-order chi connectivity index (χ0) is 16.5. The third-order valence-corrected chi connectivity index (χ3v) is 4.81. The van der Waals surface area contributed by atoms with Crippen LogP contribution in [0.1, 0.15) is 12.8 Å². The fraction of sp³-hybridized carbons (Fsp3) is 0.333. The Balaban J connectivity index is 1.52. The van der Waals surface area contributed by atoms with E-state index in [0.29, 0.717) is 11.2 Å². The zero-order valence-corrected chi connectivity index (χ0v) is 14.4. The van der Waals surface area contributed by atoms with Crippen LogP contribution in [0.5, 0.6) is 0 Å². The second kappa shape index (κ2) is 6.32. The molecule has 0 amide bonds. The van der Waals surface area contributed by atoms with E-state index in [9.17, 15) is 0 Å². The highest BCUT2D eigenvalue weighted by Crippen LogP contribution is 2.26. The lowest BCUT2D eigenvalue weighted by Gasteiger charge is -2.34. The van der Waals surface area contributed by atoms with Crippen LogP contribution in [0.25, 0.3) is 10.8 Å². The molecule has 0 aliphatic carbocycles. The Labute approximate surface area is 146 Å². The minimum Gasteiger partial charge on any atom is -0.367 e. The summed E-state index contributed by atoms with van der Waals surface area (Å²) in [4.78, 5) is 6.89. The molecule has 0 saturated carbocycles. The first kappa shape index (κ1) is 15.3. The van der Waals surface area contributed by atoms with Crippen LogP contribution in [0.2, 0.25) is 5.15 Å². The molecule has 1 fully saturated rings. The van der Waals surface area contributed by atoms with E-state index in [1.54, 1.807) is 0 Å². The number of benzene rings is 1.